The van der Waals surface area contributed by atoms with Gasteiger partial charge in [0.1, 0.15) is 5.82 Å². The quantitative estimate of drug-likeness (QED) is 0.454. The molecule has 0 unspecified atom stereocenters. The smallest absolute Gasteiger partial charge is 0.121 e. The molecule has 5 rings (SSSR count). The largest absolute Gasteiger partial charge is 0.340 e. The Hall–Kier alpha value is -3.21. The van der Waals surface area contributed by atoms with Crippen LogP contribution in [-0.2, 0) is 13.1 Å². The number of H-pyrrole nitrogens is 1. The first kappa shape index (κ1) is 20.7. The maximum absolute atomic E-state index is 5.04. The number of rotatable bonds is 6. The number of aromatic amines is 1. The minimum Gasteiger partial charge on any atom is -0.340 e. The Morgan fingerprint density at radius 1 is 0.688 bits per heavy atom. The average molecular weight is 423 g/mol. The van der Waals surface area contributed by atoms with E-state index in [9.17, 15) is 0 Å². The number of benzene rings is 3. The molecule has 1 aliphatic rings. The Balaban J connectivity index is 1.28. The molecule has 0 saturated carbocycles. The minimum absolute atomic E-state index is 0.852. The molecule has 2 heterocycles. The van der Waals surface area contributed by atoms with Crippen molar-refractivity contribution in [2.45, 2.75) is 20.0 Å². The van der Waals surface area contributed by atoms with Gasteiger partial charge in [-0.1, -0.05) is 90.5 Å². The monoisotopic (exact) mass is 422 g/mol. The van der Waals surface area contributed by atoms with Crippen molar-refractivity contribution in [2.75, 3.05) is 26.2 Å². The van der Waals surface area contributed by atoms with Crippen molar-refractivity contribution >= 4 is 0 Å². The number of aryl methyl sites for hydroxylation is 1. The van der Waals surface area contributed by atoms with Crippen LogP contribution < -0.4 is 0 Å². The summed E-state index contributed by atoms with van der Waals surface area (Å²) in [6.07, 6.45) is 0. The first-order valence-corrected chi connectivity index (χ1v) is 11.4. The van der Waals surface area contributed by atoms with Crippen LogP contribution in [0.25, 0.3) is 22.5 Å². The van der Waals surface area contributed by atoms with Crippen molar-refractivity contribution in [1.82, 2.24) is 19.8 Å². The van der Waals surface area contributed by atoms with Crippen molar-refractivity contribution in [3.63, 3.8) is 0 Å². The van der Waals surface area contributed by atoms with E-state index in [1.807, 2.05) is 0 Å². The highest BCUT2D eigenvalue weighted by atomic mass is 15.3. The van der Waals surface area contributed by atoms with E-state index in [0.29, 0.717) is 0 Å². The Labute approximate surface area is 190 Å². The zero-order chi connectivity index (χ0) is 21.8. The van der Waals surface area contributed by atoms with E-state index in [1.54, 1.807) is 0 Å². The van der Waals surface area contributed by atoms with Crippen LogP contribution in [0.1, 0.15) is 17.0 Å². The third-order valence-corrected chi connectivity index (χ3v) is 6.23. The molecular weight excluding hydrogens is 392 g/mol. The van der Waals surface area contributed by atoms with E-state index in [1.165, 1.54) is 16.7 Å². The zero-order valence-corrected chi connectivity index (χ0v) is 18.7. The van der Waals surface area contributed by atoms with Gasteiger partial charge >= 0.3 is 0 Å². The predicted octanol–water partition coefficient (Wildman–Crippen LogP) is 5.37. The van der Waals surface area contributed by atoms with Crippen LogP contribution in [0.5, 0.6) is 0 Å². The second-order valence-corrected chi connectivity index (χ2v) is 8.68. The fraction of sp³-hybridized carbons (Fsp3) is 0.250. The van der Waals surface area contributed by atoms with Gasteiger partial charge in [-0.2, -0.15) is 0 Å². The fourth-order valence-electron chi connectivity index (χ4n) is 4.38. The zero-order valence-electron chi connectivity index (χ0n) is 18.7. The van der Waals surface area contributed by atoms with Gasteiger partial charge in [0.15, 0.2) is 0 Å². The molecule has 0 aliphatic carbocycles. The highest BCUT2D eigenvalue weighted by Crippen LogP contribution is 2.30. The number of nitrogens with zero attached hydrogens (tertiary/aromatic N) is 3. The molecule has 1 N–H and O–H groups in total. The van der Waals surface area contributed by atoms with Gasteiger partial charge < -0.3 is 4.98 Å². The number of hydrogen-bond acceptors (Lipinski definition) is 3. The molecule has 0 spiro atoms. The van der Waals surface area contributed by atoms with Crippen LogP contribution in [0.15, 0.2) is 84.9 Å². The molecule has 32 heavy (non-hydrogen) atoms. The Morgan fingerprint density at radius 2 is 1.25 bits per heavy atom. The SMILES string of the molecule is Cc1ccc(CN2CCN(Cc3nc(-c4ccccc4)c(-c4ccccc4)[nH]3)CC2)cc1. The van der Waals surface area contributed by atoms with Crippen molar-refractivity contribution in [1.29, 1.82) is 0 Å². The van der Waals surface area contributed by atoms with Gasteiger partial charge in [-0.05, 0) is 12.5 Å². The second kappa shape index (κ2) is 9.51. The van der Waals surface area contributed by atoms with Gasteiger partial charge in [-0.25, -0.2) is 4.98 Å². The van der Waals surface area contributed by atoms with Gasteiger partial charge in [0, 0.05) is 43.9 Å². The molecule has 4 heteroatoms. The van der Waals surface area contributed by atoms with Crippen molar-refractivity contribution in [2.24, 2.45) is 0 Å². The second-order valence-electron chi connectivity index (χ2n) is 8.68. The van der Waals surface area contributed by atoms with Gasteiger partial charge in [0.25, 0.3) is 0 Å². The normalized spacial score (nSPS) is 15.2. The summed E-state index contributed by atoms with van der Waals surface area (Å²) in [5, 5.41) is 0. The van der Waals surface area contributed by atoms with Crippen molar-refractivity contribution in [3.8, 4) is 22.5 Å². The van der Waals surface area contributed by atoms with E-state index >= 15 is 0 Å². The number of imidazole rings is 1. The summed E-state index contributed by atoms with van der Waals surface area (Å²) in [5.41, 5.74) is 7.18. The summed E-state index contributed by atoms with van der Waals surface area (Å²) < 4.78 is 0. The summed E-state index contributed by atoms with van der Waals surface area (Å²) in [4.78, 5) is 13.7. The van der Waals surface area contributed by atoms with E-state index < -0.39 is 0 Å². The number of aromatic nitrogens is 2. The minimum atomic E-state index is 0.852. The molecule has 1 fully saturated rings. The topological polar surface area (TPSA) is 35.2 Å². The van der Waals surface area contributed by atoms with Crippen LogP contribution >= 0.6 is 0 Å². The third-order valence-electron chi connectivity index (χ3n) is 6.23. The van der Waals surface area contributed by atoms with Gasteiger partial charge in [0.2, 0.25) is 0 Å². The molecular formula is C28H30N4. The van der Waals surface area contributed by atoms with Crippen molar-refractivity contribution in [3.05, 3.63) is 102 Å². The van der Waals surface area contributed by atoms with Crippen LogP contribution in [0.2, 0.25) is 0 Å². The first-order valence-electron chi connectivity index (χ1n) is 11.4. The predicted molar refractivity (Wildman–Crippen MR) is 131 cm³/mol. The lowest BCUT2D eigenvalue weighted by atomic mass is 10.1. The summed E-state index contributed by atoms with van der Waals surface area (Å²) in [7, 11) is 0. The van der Waals surface area contributed by atoms with Crippen molar-refractivity contribution < 1.29 is 0 Å². The van der Waals surface area contributed by atoms with E-state index in [0.717, 1.165) is 62.0 Å². The Morgan fingerprint density at radius 3 is 1.88 bits per heavy atom. The van der Waals surface area contributed by atoms with Crippen LogP contribution in [0.3, 0.4) is 0 Å². The lowest BCUT2D eigenvalue weighted by molar-refractivity contribution is 0.120. The molecule has 162 valence electrons. The lowest BCUT2D eigenvalue weighted by Gasteiger charge is -2.34. The highest BCUT2D eigenvalue weighted by Gasteiger charge is 2.20. The lowest BCUT2D eigenvalue weighted by Crippen LogP contribution is -2.45. The molecule has 1 saturated heterocycles. The molecule has 0 bridgehead atoms. The van der Waals surface area contributed by atoms with Crippen LogP contribution in [0.4, 0.5) is 0 Å². The van der Waals surface area contributed by atoms with E-state index in [-0.39, 0.29) is 0 Å². The van der Waals surface area contributed by atoms with Crippen LogP contribution in [0, 0.1) is 6.92 Å². The third kappa shape index (κ3) is 4.82. The van der Waals surface area contributed by atoms with Gasteiger partial charge in [-0.3, -0.25) is 9.80 Å². The molecule has 1 aromatic heterocycles. The molecule has 4 aromatic rings. The van der Waals surface area contributed by atoms with Gasteiger partial charge in [-0.15, -0.1) is 0 Å². The molecule has 1 aliphatic heterocycles. The van der Waals surface area contributed by atoms with Gasteiger partial charge in [0.05, 0.1) is 17.9 Å². The van der Waals surface area contributed by atoms with E-state index in [2.05, 4.69) is 107 Å². The molecule has 3 aromatic carbocycles. The first-order chi connectivity index (χ1) is 15.7. The standard InChI is InChI=1S/C28H30N4/c1-22-12-14-23(15-13-22)20-31-16-18-32(19-17-31)21-26-29-27(24-8-4-2-5-9-24)28(30-26)25-10-6-3-7-11-25/h2-15H,16-21H2,1H3,(H,29,30). The average Bonchev–Trinajstić information content (AvgIpc) is 3.27. The highest BCUT2D eigenvalue weighted by molar-refractivity contribution is 5.78. The molecule has 0 amide bonds. The molecule has 0 atom stereocenters. The Bertz CT molecular complexity index is 1070. The maximum Gasteiger partial charge on any atom is 0.121 e. The number of piperazine rings is 1. The summed E-state index contributed by atoms with van der Waals surface area (Å²) >= 11 is 0. The summed E-state index contributed by atoms with van der Waals surface area (Å²) in [5.74, 6) is 1.04. The Kier molecular flexibility index (Phi) is 6.15. The summed E-state index contributed by atoms with van der Waals surface area (Å²) in [6.45, 7) is 8.33. The molecule has 0 radical (unpaired) electrons. The molecule has 4 nitrogen and oxygen atoms in total. The maximum atomic E-state index is 5.04. The fourth-order valence-corrected chi connectivity index (χ4v) is 4.38. The number of hydrogen-bond donors (Lipinski definition) is 1. The van der Waals surface area contributed by atoms with E-state index in [4.69, 9.17) is 4.98 Å². The number of nitrogens with one attached hydrogen (secondary N) is 1. The van der Waals surface area contributed by atoms with Crippen LogP contribution in [-0.4, -0.2) is 45.9 Å². The summed E-state index contributed by atoms with van der Waals surface area (Å²) in [6, 6.07) is 29.9.